The number of fused-ring (bicyclic) bond motifs is 1. The van der Waals surface area contributed by atoms with E-state index in [9.17, 15) is 4.79 Å². The van der Waals surface area contributed by atoms with E-state index in [4.69, 9.17) is 18.6 Å². The second-order valence-electron chi connectivity index (χ2n) is 7.23. The topological polar surface area (TPSA) is 57.9 Å². The smallest absolute Gasteiger partial charge is 0.383 e. The molecule has 0 radical (unpaired) electrons. The molecule has 2 aromatic rings. The van der Waals surface area contributed by atoms with Crippen LogP contribution < -0.4 is 19.8 Å². The highest BCUT2D eigenvalue weighted by Gasteiger charge is 2.21. The fourth-order valence-electron chi connectivity index (χ4n) is 2.79. The first kappa shape index (κ1) is 21.6. The molecular formula is C23H30O5. The predicted molar refractivity (Wildman–Crippen MR) is 113 cm³/mol. The molecule has 1 aromatic heterocycles. The van der Waals surface area contributed by atoms with Crippen LogP contribution in [0.2, 0.25) is 0 Å². The van der Waals surface area contributed by atoms with Crippen molar-refractivity contribution in [2.45, 2.75) is 53.6 Å². The second kappa shape index (κ2) is 10.0. The Morgan fingerprint density at radius 1 is 1.14 bits per heavy atom. The lowest BCUT2D eigenvalue weighted by Crippen LogP contribution is -2.15. The van der Waals surface area contributed by atoms with E-state index in [-0.39, 0.29) is 11.9 Å². The highest BCUT2D eigenvalue weighted by molar-refractivity contribution is 5.91. The monoisotopic (exact) mass is 386 g/mol. The first-order valence-electron chi connectivity index (χ1n) is 9.55. The number of benzene rings is 1. The number of allylic oxidation sites excluding steroid dienone is 3. The maximum Gasteiger partial charge on any atom is 0.383 e. The van der Waals surface area contributed by atoms with Gasteiger partial charge in [0.25, 0.3) is 0 Å². The summed E-state index contributed by atoms with van der Waals surface area (Å²) in [6, 6.07) is 5.33. The van der Waals surface area contributed by atoms with Crippen LogP contribution in [-0.4, -0.2) is 19.8 Å². The molecule has 0 atom stereocenters. The van der Waals surface area contributed by atoms with Crippen LogP contribution in [0.15, 0.2) is 50.7 Å². The SMILES string of the molecule is COc1c(OC(C)C)c(=O)oc2cccc(OCC=C(C)CCC=C(C)C)c12. The van der Waals surface area contributed by atoms with Crippen LogP contribution in [0.5, 0.6) is 17.2 Å². The summed E-state index contributed by atoms with van der Waals surface area (Å²) in [5.41, 5.74) is 2.43. The molecule has 0 fully saturated rings. The van der Waals surface area contributed by atoms with Crippen LogP contribution in [-0.2, 0) is 0 Å². The average molecular weight is 386 g/mol. The quantitative estimate of drug-likeness (QED) is 0.411. The molecule has 0 bridgehead atoms. The van der Waals surface area contributed by atoms with Crippen molar-refractivity contribution in [3.8, 4) is 17.2 Å². The third-order valence-corrected chi connectivity index (χ3v) is 4.13. The number of hydrogen-bond donors (Lipinski definition) is 0. The van der Waals surface area contributed by atoms with Gasteiger partial charge in [0.1, 0.15) is 23.3 Å². The van der Waals surface area contributed by atoms with E-state index in [0.29, 0.717) is 29.1 Å². The third kappa shape index (κ3) is 5.65. The summed E-state index contributed by atoms with van der Waals surface area (Å²) >= 11 is 0. The Morgan fingerprint density at radius 2 is 1.89 bits per heavy atom. The molecule has 1 aromatic carbocycles. The first-order valence-corrected chi connectivity index (χ1v) is 9.55. The Hall–Kier alpha value is -2.69. The number of rotatable bonds is 9. The minimum atomic E-state index is -0.565. The fourth-order valence-corrected chi connectivity index (χ4v) is 2.79. The number of hydrogen-bond acceptors (Lipinski definition) is 5. The molecule has 5 nitrogen and oxygen atoms in total. The molecular weight excluding hydrogens is 356 g/mol. The molecule has 1 heterocycles. The average Bonchev–Trinajstić information content (AvgIpc) is 2.62. The number of methoxy groups -OCH3 is 1. The summed E-state index contributed by atoms with van der Waals surface area (Å²) in [6.45, 7) is 10.4. The summed E-state index contributed by atoms with van der Waals surface area (Å²) in [6.07, 6.45) is 6.12. The van der Waals surface area contributed by atoms with Gasteiger partial charge in [-0.2, -0.15) is 0 Å². The van der Waals surface area contributed by atoms with Crippen LogP contribution in [0.25, 0.3) is 11.0 Å². The van der Waals surface area contributed by atoms with Gasteiger partial charge >= 0.3 is 5.63 Å². The Labute approximate surface area is 166 Å². The van der Waals surface area contributed by atoms with Crippen molar-refractivity contribution < 1.29 is 18.6 Å². The van der Waals surface area contributed by atoms with Gasteiger partial charge < -0.3 is 18.6 Å². The Kier molecular flexibility index (Phi) is 7.73. The minimum Gasteiger partial charge on any atom is -0.492 e. The van der Waals surface area contributed by atoms with Gasteiger partial charge in [0.05, 0.1) is 13.2 Å². The maximum atomic E-state index is 12.3. The van der Waals surface area contributed by atoms with E-state index in [1.807, 2.05) is 19.9 Å². The second-order valence-corrected chi connectivity index (χ2v) is 7.23. The van der Waals surface area contributed by atoms with Crippen LogP contribution in [0, 0.1) is 0 Å². The molecule has 0 saturated heterocycles. The van der Waals surface area contributed by atoms with Gasteiger partial charge in [-0.1, -0.05) is 23.3 Å². The lowest BCUT2D eigenvalue weighted by atomic mass is 10.1. The minimum absolute atomic E-state index is 0.0643. The van der Waals surface area contributed by atoms with E-state index in [1.54, 1.807) is 12.1 Å². The summed E-state index contributed by atoms with van der Waals surface area (Å²) in [4.78, 5) is 12.3. The molecule has 0 N–H and O–H groups in total. The molecule has 0 aliphatic heterocycles. The predicted octanol–water partition coefficient (Wildman–Crippen LogP) is 5.66. The van der Waals surface area contributed by atoms with Crippen molar-refractivity contribution in [3.63, 3.8) is 0 Å². The molecule has 5 heteroatoms. The molecule has 28 heavy (non-hydrogen) atoms. The maximum absolute atomic E-state index is 12.3. The molecule has 0 saturated carbocycles. The van der Waals surface area contributed by atoms with Gasteiger partial charge in [-0.05, 0) is 65.7 Å². The fraction of sp³-hybridized carbons (Fsp3) is 0.435. The lowest BCUT2D eigenvalue weighted by Gasteiger charge is -2.15. The highest BCUT2D eigenvalue weighted by atomic mass is 16.5. The number of ether oxygens (including phenoxy) is 3. The van der Waals surface area contributed by atoms with Gasteiger partial charge in [0.2, 0.25) is 5.75 Å². The van der Waals surface area contributed by atoms with Crippen LogP contribution >= 0.6 is 0 Å². The van der Waals surface area contributed by atoms with E-state index < -0.39 is 5.63 Å². The van der Waals surface area contributed by atoms with E-state index >= 15 is 0 Å². The largest absolute Gasteiger partial charge is 0.492 e. The summed E-state index contributed by atoms with van der Waals surface area (Å²) in [7, 11) is 1.51. The first-order chi connectivity index (χ1) is 13.3. The van der Waals surface area contributed by atoms with Gasteiger partial charge in [-0.3, -0.25) is 0 Å². The van der Waals surface area contributed by atoms with Crippen molar-refractivity contribution in [2.75, 3.05) is 13.7 Å². The Bertz CT molecular complexity index is 914. The Balaban J connectivity index is 2.30. The van der Waals surface area contributed by atoms with E-state index in [1.165, 1.54) is 18.3 Å². The van der Waals surface area contributed by atoms with Gasteiger partial charge in [0, 0.05) is 0 Å². The normalized spacial score (nSPS) is 11.6. The summed E-state index contributed by atoms with van der Waals surface area (Å²) < 4.78 is 22.5. The van der Waals surface area contributed by atoms with Crippen LogP contribution in [0.1, 0.15) is 47.5 Å². The molecule has 152 valence electrons. The van der Waals surface area contributed by atoms with E-state index in [0.717, 1.165) is 12.8 Å². The molecule has 2 rings (SSSR count). The zero-order valence-corrected chi connectivity index (χ0v) is 17.6. The lowest BCUT2D eigenvalue weighted by molar-refractivity contribution is 0.220. The van der Waals surface area contributed by atoms with Crippen LogP contribution in [0.4, 0.5) is 0 Å². The zero-order valence-electron chi connectivity index (χ0n) is 17.6. The highest BCUT2D eigenvalue weighted by Crippen LogP contribution is 2.38. The van der Waals surface area contributed by atoms with Crippen molar-refractivity contribution in [1.29, 1.82) is 0 Å². The summed E-state index contributed by atoms with van der Waals surface area (Å²) in [5.74, 6) is 0.981. The molecule has 0 unspecified atom stereocenters. The van der Waals surface area contributed by atoms with Gasteiger partial charge in [-0.25, -0.2) is 4.79 Å². The standard InChI is InChI=1S/C23H30O5/c1-15(2)9-7-10-17(5)13-14-26-18-11-8-12-19-20(18)21(25-6)22(23(24)28-19)27-16(3)4/h8-9,11-13,16H,7,10,14H2,1-6H3. The van der Waals surface area contributed by atoms with Gasteiger partial charge in [0.15, 0.2) is 5.75 Å². The van der Waals surface area contributed by atoms with Crippen molar-refractivity contribution in [2.24, 2.45) is 0 Å². The van der Waals surface area contributed by atoms with Crippen molar-refractivity contribution in [1.82, 2.24) is 0 Å². The van der Waals surface area contributed by atoms with Crippen molar-refractivity contribution >= 4 is 11.0 Å². The summed E-state index contributed by atoms with van der Waals surface area (Å²) in [5, 5.41) is 0.593. The molecule has 0 amide bonds. The van der Waals surface area contributed by atoms with Crippen LogP contribution in [0.3, 0.4) is 0 Å². The molecule has 0 aliphatic rings. The van der Waals surface area contributed by atoms with Crippen molar-refractivity contribution in [3.05, 3.63) is 51.9 Å². The van der Waals surface area contributed by atoms with E-state index in [2.05, 4.69) is 32.9 Å². The molecule has 0 aliphatic carbocycles. The van der Waals surface area contributed by atoms with Gasteiger partial charge in [-0.15, -0.1) is 0 Å². The Morgan fingerprint density at radius 3 is 2.54 bits per heavy atom. The molecule has 0 spiro atoms. The third-order valence-electron chi connectivity index (χ3n) is 4.13. The zero-order chi connectivity index (χ0) is 20.7.